The summed E-state index contributed by atoms with van der Waals surface area (Å²) in [5.74, 6) is -1.02. The summed E-state index contributed by atoms with van der Waals surface area (Å²) in [6, 6.07) is 2.39. The molecule has 0 aliphatic carbocycles. The second kappa shape index (κ2) is 3.74. The number of hydrogen-bond donors (Lipinski definition) is 1. The van der Waals surface area contributed by atoms with Crippen LogP contribution >= 0.6 is 15.9 Å². The number of carbonyl (C=O) groups is 1. The number of nitrogens with two attached hydrogens (primary N) is 1. The largest absolute Gasteiger partial charge is 0.496 e. The van der Waals surface area contributed by atoms with Crippen molar-refractivity contribution < 1.29 is 13.9 Å². The first-order valence-corrected chi connectivity index (χ1v) is 4.18. The van der Waals surface area contributed by atoms with Crippen LogP contribution in [0.2, 0.25) is 0 Å². The molecule has 0 heterocycles. The third-order valence-electron chi connectivity index (χ3n) is 1.51. The molecule has 0 atom stereocenters. The molecule has 1 aromatic carbocycles. The number of rotatable bonds is 2. The van der Waals surface area contributed by atoms with Crippen molar-refractivity contribution in [2.75, 3.05) is 7.11 Å². The highest BCUT2D eigenvalue weighted by molar-refractivity contribution is 9.10. The summed E-state index contributed by atoms with van der Waals surface area (Å²) in [6.07, 6.45) is 0. The number of methoxy groups -OCH3 is 1. The number of ether oxygens (including phenoxy) is 1. The van der Waals surface area contributed by atoms with Crippen LogP contribution in [0.3, 0.4) is 0 Å². The molecule has 13 heavy (non-hydrogen) atoms. The lowest BCUT2D eigenvalue weighted by atomic mass is 10.2. The zero-order valence-corrected chi connectivity index (χ0v) is 8.39. The first-order valence-electron chi connectivity index (χ1n) is 3.39. The average Bonchev–Trinajstić information content (AvgIpc) is 2.08. The predicted molar refractivity (Wildman–Crippen MR) is 49.2 cm³/mol. The van der Waals surface area contributed by atoms with E-state index in [4.69, 9.17) is 10.5 Å². The minimum atomic E-state index is -0.655. The smallest absolute Gasteiger partial charge is 0.252 e. The van der Waals surface area contributed by atoms with Crippen LogP contribution in [0, 0.1) is 5.82 Å². The molecule has 1 aromatic rings. The molecule has 0 aromatic heterocycles. The Morgan fingerprint density at radius 3 is 2.69 bits per heavy atom. The Balaban J connectivity index is 3.33. The molecule has 5 heteroatoms. The normalized spacial score (nSPS) is 9.77. The van der Waals surface area contributed by atoms with E-state index in [9.17, 15) is 9.18 Å². The second-order valence-corrected chi connectivity index (χ2v) is 3.19. The number of carbonyl (C=O) groups excluding carboxylic acids is 1. The van der Waals surface area contributed by atoms with E-state index in [-0.39, 0.29) is 15.8 Å². The van der Waals surface area contributed by atoms with Crippen molar-refractivity contribution in [2.24, 2.45) is 5.73 Å². The molecule has 3 nitrogen and oxygen atoms in total. The van der Waals surface area contributed by atoms with E-state index in [2.05, 4.69) is 15.9 Å². The lowest BCUT2D eigenvalue weighted by Crippen LogP contribution is -2.12. The number of benzene rings is 1. The molecule has 2 N–H and O–H groups in total. The van der Waals surface area contributed by atoms with Gasteiger partial charge in [-0.2, -0.15) is 0 Å². The molecule has 0 unspecified atom stereocenters. The molecular formula is C8H7BrFNO2. The Hall–Kier alpha value is -1.10. The molecule has 0 fully saturated rings. The SMILES string of the molecule is COc1cc(F)c(Br)cc1C(N)=O. The van der Waals surface area contributed by atoms with Crippen molar-refractivity contribution in [3.8, 4) is 5.75 Å². The fourth-order valence-corrected chi connectivity index (χ4v) is 1.23. The molecule has 0 spiro atoms. The van der Waals surface area contributed by atoms with E-state index >= 15 is 0 Å². The van der Waals surface area contributed by atoms with Crippen LogP contribution < -0.4 is 10.5 Å². The van der Waals surface area contributed by atoms with Crippen molar-refractivity contribution in [2.45, 2.75) is 0 Å². The highest BCUT2D eigenvalue weighted by Crippen LogP contribution is 2.25. The second-order valence-electron chi connectivity index (χ2n) is 2.33. The summed E-state index contributed by atoms with van der Waals surface area (Å²) in [5.41, 5.74) is 5.20. The van der Waals surface area contributed by atoms with Crippen LogP contribution in [0.1, 0.15) is 10.4 Å². The first-order chi connectivity index (χ1) is 6.06. The molecule has 0 saturated heterocycles. The lowest BCUT2D eigenvalue weighted by Gasteiger charge is -2.06. The summed E-state index contributed by atoms with van der Waals surface area (Å²) in [4.78, 5) is 10.8. The fourth-order valence-electron chi connectivity index (χ4n) is 0.890. The summed E-state index contributed by atoms with van der Waals surface area (Å²) in [7, 11) is 1.34. The Labute approximate surface area is 82.8 Å². The van der Waals surface area contributed by atoms with Gasteiger partial charge in [0.05, 0.1) is 17.1 Å². The molecule has 0 bridgehead atoms. The number of primary amides is 1. The molecular weight excluding hydrogens is 241 g/mol. The highest BCUT2D eigenvalue weighted by atomic mass is 79.9. The van der Waals surface area contributed by atoms with Gasteiger partial charge < -0.3 is 10.5 Å². The van der Waals surface area contributed by atoms with E-state index < -0.39 is 11.7 Å². The molecule has 0 saturated carbocycles. The van der Waals surface area contributed by atoms with Gasteiger partial charge in [-0.05, 0) is 22.0 Å². The minimum absolute atomic E-state index is 0.133. The number of amides is 1. The van der Waals surface area contributed by atoms with Gasteiger partial charge >= 0.3 is 0 Å². The standard InChI is InChI=1S/C8H7BrFNO2/c1-13-7-3-6(10)5(9)2-4(7)8(11)12/h2-3H,1H3,(H2,11,12). The minimum Gasteiger partial charge on any atom is -0.496 e. The first kappa shape index (κ1) is 9.98. The van der Waals surface area contributed by atoms with E-state index in [1.54, 1.807) is 0 Å². The Morgan fingerprint density at radius 1 is 1.62 bits per heavy atom. The van der Waals surface area contributed by atoms with Gasteiger partial charge in [-0.3, -0.25) is 4.79 Å². The van der Waals surface area contributed by atoms with Gasteiger partial charge in [0.25, 0.3) is 5.91 Å². The third-order valence-corrected chi connectivity index (χ3v) is 2.12. The highest BCUT2D eigenvalue weighted by Gasteiger charge is 2.12. The topological polar surface area (TPSA) is 52.3 Å². The maximum atomic E-state index is 12.9. The van der Waals surface area contributed by atoms with Gasteiger partial charge in [-0.1, -0.05) is 0 Å². The maximum absolute atomic E-state index is 12.9. The monoisotopic (exact) mass is 247 g/mol. The number of halogens is 2. The zero-order valence-electron chi connectivity index (χ0n) is 6.80. The van der Waals surface area contributed by atoms with Gasteiger partial charge in [-0.25, -0.2) is 4.39 Å². The summed E-state index contributed by atoms with van der Waals surface area (Å²) >= 11 is 2.94. The van der Waals surface area contributed by atoms with Gasteiger partial charge in [0.1, 0.15) is 11.6 Å². The van der Waals surface area contributed by atoms with E-state index in [1.165, 1.54) is 13.2 Å². The van der Waals surface area contributed by atoms with E-state index in [0.29, 0.717) is 0 Å². The van der Waals surface area contributed by atoms with Crippen molar-refractivity contribution in [1.82, 2.24) is 0 Å². The third kappa shape index (κ3) is 1.98. The van der Waals surface area contributed by atoms with Crippen LogP contribution in [0.15, 0.2) is 16.6 Å². The molecule has 0 aliphatic heterocycles. The van der Waals surface area contributed by atoms with Crippen LogP contribution in [-0.2, 0) is 0 Å². The molecule has 1 rings (SSSR count). The van der Waals surface area contributed by atoms with Gasteiger partial charge in [0.2, 0.25) is 0 Å². The zero-order chi connectivity index (χ0) is 10.0. The Kier molecular flexibility index (Phi) is 2.87. The van der Waals surface area contributed by atoms with Gasteiger partial charge in [0.15, 0.2) is 0 Å². The quantitative estimate of drug-likeness (QED) is 0.865. The lowest BCUT2D eigenvalue weighted by molar-refractivity contribution is 0.0997. The van der Waals surface area contributed by atoms with Crippen molar-refractivity contribution in [3.05, 3.63) is 28.0 Å². The summed E-state index contributed by atoms with van der Waals surface area (Å²) < 4.78 is 17.9. The molecule has 70 valence electrons. The molecule has 1 amide bonds. The fraction of sp³-hybridized carbons (Fsp3) is 0.125. The Morgan fingerprint density at radius 2 is 2.23 bits per heavy atom. The van der Waals surface area contributed by atoms with Crippen LogP contribution in [0.4, 0.5) is 4.39 Å². The average molecular weight is 248 g/mol. The van der Waals surface area contributed by atoms with Crippen molar-refractivity contribution in [1.29, 1.82) is 0 Å². The van der Waals surface area contributed by atoms with Crippen molar-refractivity contribution >= 4 is 21.8 Å². The predicted octanol–water partition coefficient (Wildman–Crippen LogP) is 1.70. The van der Waals surface area contributed by atoms with Crippen molar-refractivity contribution in [3.63, 3.8) is 0 Å². The van der Waals surface area contributed by atoms with Crippen LogP contribution in [0.25, 0.3) is 0 Å². The summed E-state index contributed by atoms with van der Waals surface area (Å²) in [5, 5.41) is 0. The van der Waals surface area contributed by atoms with E-state index in [1.807, 2.05) is 0 Å². The van der Waals surface area contributed by atoms with Gasteiger partial charge in [-0.15, -0.1) is 0 Å². The summed E-state index contributed by atoms with van der Waals surface area (Å²) in [6.45, 7) is 0. The maximum Gasteiger partial charge on any atom is 0.252 e. The Bertz CT molecular complexity index is 354. The van der Waals surface area contributed by atoms with E-state index in [0.717, 1.165) is 6.07 Å². The van der Waals surface area contributed by atoms with Gasteiger partial charge in [0, 0.05) is 6.07 Å². The number of hydrogen-bond acceptors (Lipinski definition) is 2. The van der Waals surface area contributed by atoms with Crippen LogP contribution in [-0.4, -0.2) is 13.0 Å². The molecule has 0 aliphatic rings. The van der Waals surface area contributed by atoms with Crippen LogP contribution in [0.5, 0.6) is 5.75 Å². The molecule has 0 radical (unpaired) electrons.